The highest BCUT2D eigenvalue weighted by atomic mass is 19.1. The number of ether oxygens (including phenoxy) is 1. The van der Waals surface area contributed by atoms with Crippen LogP contribution in [0, 0.1) is 11.7 Å². The Kier molecular flexibility index (Phi) is 4.37. The number of piperidine rings is 1. The number of nitrogens with zero attached hydrogens (tertiary/aromatic N) is 1. The first-order valence-electron chi connectivity index (χ1n) is 6.66. The predicted molar refractivity (Wildman–Crippen MR) is 73.4 cm³/mol. The van der Waals surface area contributed by atoms with Gasteiger partial charge in [-0.25, -0.2) is 4.39 Å². The van der Waals surface area contributed by atoms with Gasteiger partial charge in [0, 0.05) is 24.3 Å². The monoisotopic (exact) mass is 279 g/mol. The molecule has 0 aliphatic carbocycles. The number of methoxy groups -OCH3 is 1. The maximum atomic E-state index is 13.3. The Morgan fingerprint density at radius 3 is 2.50 bits per heavy atom. The van der Waals surface area contributed by atoms with E-state index in [9.17, 15) is 14.0 Å². The number of esters is 1. The number of rotatable bonds is 3. The Hall–Kier alpha value is -1.91. The molecular formula is C15H18FNO3. The van der Waals surface area contributed by atoms with Crippen molar-refractivity contribution in [3.8, 4) is 0 Å². The Balaban J connectivity index is 2.15. The van der Waals surface area contributed by atoms with Gasteiger partial charge in [0.1, 0.15) is 5.82 Å². The van der Waals surface area contributed by atoms with E-state index in [1.807, 2.05) is 4.90 Å². The SMILES string of the molecule is COC(=O)C1CCN(c2ccc(F)cc2C(C)=O)CC1. The topological polar surface area (TPSA) is 46.6 Å². The minimum absolute atomic E-state index is 0.0857. The molecule has 1 aromatic carbocycles. The van der Waals surface area contributed by atoms with Crippen molar-refractivity contribution in [3.63, 3.8) is 0 Å². The third kappa shape index (κ3) is 2.98. The summed E-state index contributed by atoms with van der Waals surface area (Å²) >= 11 is 0. The molecule has 4 nitrogen and oxygen atoms in total. The highest BCUT2D eigenvalue weighted by Gasteiger charge is 2.27. The molecule has 0 atom stereocenters. The zero-order valence-corrected chi connectivity index (χ0v) is 11.7. The lowest BCUT2D eigenvalue weighted by molar-refractivity contribution is -0.146. The van der Waals surface area contributed by atoms with E-state index in [1.54, 1.807) is 6.07 Å². The van der Waals surface area contributed by atoms with Crippen LogP contribution in [0.2, 0.25) is 0 Å². The Bertz CT molecular complexity index is 522. The molecule has 0 spiro atoms. The number of halogens is 1. The molecule has 0 radical (unpaired) electrons. The average Bonchev–Trinajstić information content (AvgIpc) is 2.46. The van der Waals surface area contributed by atoms with Crippen molar-refractivity contribution in [2.75, 3.05) is 25.1 Å². The van der Waals surface area contributed by atoms with E-state index in [-0.39, 0.29) is 17.7 Å². The quantitative estimate of drug-likeness (QED) is 0.629. The van der Waals surface area contributed by atoms with Crippen LogP contribution in [0.15, 0.2) is 18.2 Å². The van der Waals surface area contributed by atoms with Gasteiger partial charge in [0.15, 0.2) is 5.78 Å². The molecule has 1 aliphatic rings. The number of Topliss-reactive ketones (excluding diaryl/α,β-unsaturated/α-hetero) is 1. The first-order chi connectivity index (χ1) is 9.52. The molecule has 0 bridgehead atoms. The minimum atomic E-state index is -0.414. The van der Waals surface area contributed by atoms with Gasteiger partial charge in [-0.3, -0.25) is 9.59 Å². The maximum absolute atomic E-state index is 13.3. The Morgan fingerprint density at radius 1 is 1.30 bits per heavy atom. The second-order valence-electron chi connectivity index (χ2n) is 5.00. The molecule has 0 aromatic heterocycles. The summed E-state index contributed by atoms with van der Waals surface area (Å²) in [7, 11) is 1.39. The molecule has 1 fully saturated rings. The standard InChI is InChI=1S/C15H18FNO3/c1-10(18)13-9-12(16)3-4-14(13)17-7-5-11(6-8-17)15(19)20-2/h3-4,9,11H,5-8H2,1-2H3. The molecule has 0 saturated carbocycles. The number of hydrogen-bond acceptors (Lipinski definition) is 4. The van der Waals surface area contributed by atoms with Crippen molar-refractivity contribution < 1.29 is 18.7 Å². The Morgan fingerprint density at radius 2 is 1.95 bits per heavy atom. The van der Waals surface area contributed by atoms with Crippen LogP contribution < -0.4 is 4.90 Å². The Labute approximate surface area is 117 Å². The van der Waals surface area contributed by atoms with Crippen LogP contribution in [0.25, 0.3) is 0 Å². The molecule has 0 amide bonds. The first-order valence-corrected chi connectivity index (χ1v) is 6.66. The van der Waals surface area contributed by atoms with E-state index < -0.39 is 5.82 Å². The van der Waals surface area contributed by atoms with Crippen LogP contribution in [0.1, 0.15) is 30.1 Å². The molecule has 1 aromatic rings. The van der Waals surface area contributed by atoms with E-state index in [2.05, 4.69) is 0 Å². The number of benzene rings is 1. The van der Waals surface area contributed by atoms with Crippen molar-refractivity contribution in [1.82, 2.24) is 0 Å². The fourth-order valence-corrected chi connectivity index (χ4v) is 2.59. The van der Waals surface area contributed by atoms with Crippen molar-refractivity contribution in [2.45, 2.75) is 19.8 Å². The molecule has 0 N–H and O–H groups in total. The van der Waals surface area contributed by atoms with Crippen LogP contribution in [0.5, 0.6) is 0 Å². The summed E-state index contributed by atoms with van der Waals surface area (Å²) in [4.78, 5) is 25.1. The van der Waals surface area contributed by atoms with Gasteiger partial charge in [0.05, 0.1) is 13.0 Å². The number of carbonyl (C=O) groups excluding carboxylic acids is 2. The first kappa shape index (κ1) is 14.5. The number of carbonyl (C=O) groups is 2. The zero-order valence-electron chi connectivity index (χ0n) is 11.7. The normalized spacial score (nSPS) is 16.1. The van der Waals surface area contributed by atoms with Crippen molar-refractivity contribution in [2.24, 2.45) is 5.92 Å². The van der Waals surface area contributed by atoms with Gasteiger partial charge < -0.3 is 9.64 Å². The van der Waals surface area contributed by atoms with E-state index in [1.165, 1.54) is 26.2 Å². The molecule has 5 heteroatoms. The maximum Gasteiger partial charge on any atom is 0.308 e. The van der Waals surface area contributed by atoms with Gasteiger partial charge >= 0.3 is 5.97 Å². The van der Waals surface area contributed by atoms with Gasteiger partial charge in [-0.1, -0.05) is 0 Å². The van der Waals surface area contributed by atoms with Crippen LogP contribution in [-0.2, 0) is 9.53 Å². The lowest BCUT2D eigenvalue weighted by atomic mass is 9.95. The highest BCUT2D eigenvalue weighted by molar-refractivity contribution is 5.99. The van der Waals surface area contributed by atoms with Gasteiger partial charge in [-0.15, -0.1) is 0 Å². The van der Waals surface area contributed by atoms with Crippen LogP contribution in [0.3, 0.4) is 0 Å². The van der Waals surface area contributed by atoms with Gasteiger partial charge in [-0.2, -0.15) is 0 Å². The number of hydrogen-bond donors (Lipinski definition) is 0. The van der Waals surface area contributed by atoms with E-state index in [4.69, 9.17) is 4.74 Å². The van der Waals surface area contributed by atoms with Gasteiger partial charge in [-0.05, 0) is 38.0 Å². The van der Waals surface area contributed by atoms with Crippen molar-refractivity contribution >= 4 is 17.4 Å². The molecular weight excluding hydrogens is 261 g/mol. The van der Waals surface area contributed by atoms with Crippen LogP contribution >= 0.6 is 0 Å². The van der Waals surface area contributed by atoms with E-state index in [0.29, 0.717) is 31.5 Å². The summed E-state index contributed by atoms with van der Waals surface area (Å²) in [5.74, 6) is -0.842. The summed E-state index contributed by atoms with van der Waals surface area (Å²) in [6.07, 6.45) is 1.36. The summed E-state index contributed by atoms with van der Waals surface area (Å²) in [6.45, 7) is 2.75. The third-order valence-electron chi connectivity index (χ3n) is 3.71. The molecule has 1 saturated heterocycles. The van der Waals surface area contributed by atoms with Gasteiger partial charge in [0.2, 0.25) is 0 Å². The molecule has 0 unspecified atom stereocenters. The smallest absolute Gasteiger partial charge is 0.308 e. The largest absolute Gasteiger partial charge is 0.469 e. The number of anilines is 1. The summed E-state index contributed by atoms with van der Waals surface area (Å²) in [5.41, 5.74) is 1.13. The van der Waals surface area contributed by atoms with E-state index >= 15 is 0 Å². The van der Waals surface area contributed by atoms with Gasteiger partial charge in [0.25, 0.3) is 0 Å². The lowest BCUT2D eigenvalue weighted by Gasteiger charge is -2.33. The van der Waals surface area contributed by atoms with E-state index in [0.717, 1.165) is 5.69 Å². The average molecular weight is 279 g/mol. The second-order valence-corrected chi connectivity index (χ2v) is 5.00. The number of ketones is 1. The fraction of sp³-hybridized carbons (Fsp3) is 0.467. The highest BCUT2D eigenvalue weighted by Crippen LogP contribution is 2.27. The van der Waals surface area contributed by atoms with Crippen molar-refractivity contribution in [3.05, 3.63) is 29.6 Å². The fourth-order valence-electron chi connectivity index (χ4n) is 2.59. The van der Waals surface area contributed by atoms with Crippen LogP contribution in [0.4, 0.5) is 10.1 Å². The predicted octanol–water partition coefficient (Wildman–Crippen LogP) is 2.42. The minimum Gasteiger partial charge on any atom is -0.469 e. The van der Waals surface area contributed by atoms with Crippen LogP contribution in [-0.4, -0.2) is 32.0 Å². The summed E-state index contributed by atoms with van der Waals surface area (Å²) in [5, 5.41) is 0. The molecule has 2 rings (SSSR count). The zero-order chi connectivity index (χ0) is 14.7. The molecule has 108 valence electrons. The third-order valence-corrected chi connectivity index (χ3v) is 3.71. The molecule has 20 heavy (non-hydrogen) atoms. The molecule has 1 aliphatic heterocycles. The van der Waals surface area contributed by atoms with Crippen molar-refractivity contribution in [1.29, 1.82) is 0 Å². The molecule has 1 heterocycles. The summed E-state index contributed by atoms with van der Waals surface area (Å²) in [6, 6.07) is 4.25. The summed E-state index contributed by atoms with van der Waals surface area (Å²) < 4.78 is 18.0. The second kappa shape index (κ2) is 6.03. The lowest BCUT2D eigenvalue weighted by Crippen LogP contribution is -2.37.